The maximum Gasteiger partial charge on any atom is 0.208 e. The van der Waals surface area contributed by atoms with Crippen LogP contribution in [0.1, 0.15) is 12.5 Å². The molecule has 2 aliphatic heterocycles. The van der Waals surface area contributed by atoms with Crippen LogP contribution < -0.4 is 26.4 Å². The molecular weight excluding hydrogens is 278 g/mol. The maximum atomic E-state index is 10.5. The minimum Gasteiger partial charge on any atom is -0.482 e. The van der Waals surface area contributed by atoms with Crippen molar-refractivity contribution in [2.45, 2.75) is 13.1 Å². The highest BCUT2D eigenvalue weighted by Crippen LogP contribution is 2.26. The van der Waals surface area contributed by atoms with Crippen LogP contribution in [0.2, 0.25) is 0 Å². The minimum atomic E-state index is -0.164. The van der Waals surface area contributed by atoms with Gasteiger partial charge in [-0.25, -0.2) is 0 Å². The molecule has 0 aromatic heterocycles. The van der Waals surface area contributed by atoms with Gasteiger partial charge in [-0.3, -0.25) is 4.79 Å². The number of hydrogen-bond donors (Lipinski definition) is 3. The lowest BCUT2D eigenvalue weighted by Crippen LogP contribution is -2.45. The number of allylic oxidation sites excluding steroid dienone is 2. The van der Waals surface area contributed by atoms with Crippen molar-refractivity contribution in [3.05, 3.63) is 51.7 Å². The van der Waals surface area contributed by atoms with E-state index in [1.165, 1.54) is 5.57 Å². The molecule has 0 saturated carbocycles. The summed E-state index contributed by atoms with van der Waals surface area (Å²) in [5.74, 6) is 0.799. The fraction of sp³-hybridized carbons (Fsp3) is 0.235. The Morgan fingerprint density at radius 2 is 2.23 bits per heavy atom. The number of carbonyl (C=O) groups excluding carboxylic acids is 1. The van der Waals surface area contributed by atoms with Gasteiger partial charge in [0, 0.05) is 18.3 Å². The Bertz CT molecular complexity index is 778. The molecule has 1 unspecified atom stereocenters. The van der Waals surface area contributed by atoms with Crippen molar-refractivity contribution in [1.82, 2.24) is 16.0 Å². The van der Waals surface area contributed by atoms with Gasteiger partial charge in [0.2, 0.25) is 6.41 Å². The maximum absolute atomic E-state index is 10.5. The van der Waals surface area contributed by atoms with Crippen LogP contribution in [0.4, 0.5) is 0 Å². The molecule has 2 heterocycles. The third kappa shape index (κ3) is 2.57. The van der Waals surface area contributed by atoms with Crippen LogP contribution >= 0.6 is 0 Å². The Morgan fingerprint density at radius 1 is 1.36 bits per heavy atom. The van der Waals surface area contributed by atoms with Crippen LogP contribution in [0.25, 0.3) is 17.8 Å². The van der Waals surface area contributed by atoms with E-state index in [4.69, 9.17) is 4.74 Å². The number of fused-ring (bicyclic) bond motifs is 1. The minimum absolute atomic E-state index is 0.164. The predicted molar refractivity (Wildman–Crippen MR) is 86.4 cm³/mol. The summed E-state index contributed by atoms with van der Waals surface area (Å²) in [6.07, 6.45) is 6.58. The zero-order valence-corrected chi connectivity index (χ0v) is 12.6. The van der Waals surface area contributed by atoms with Crippen LogP contribution in [0.15, 0.2) is 35.7 Å². The highest BCUT2D eigenvalue weighted by molar-refractivity contribution is 5.80. The molecule has 5 nitrogen and oxygen atoms in total. The number of ether oxygens (including phenoxy) is 1. The standard InChI is InChI=1S/C17H19N3O2/c1-11-5-6-18-17(22-2)16(11)13-4-3-12-8-15(20-10-21)19-9-14(12)7-13/h3-5,7-10,15,18-19H,6H2,1-2H3,(H,20,21). The molecule has 0 spiro atoms. The number of nitrogens with one attached hydrogen (secondary N) is 3. The second-order valence-corrected chi connectivity index (χ2v) is 5.26. The zero-order chi connectivity index (χ0) is 15.5. The average molecular weight is 297 g/mol. The van der Waals surface area contributed by atoms with Gasteiger partial charge in [0.1, 0.15) is 6.17 Å². The first-order valence-corrected chi connectivity index (χ1v) is 7.20. The van der Waals surface area contributed by atoms with Gasteiger partial charge in [0.25, 0.3) is 0 Å². The summed E-state index contributed by atoms with van der Waals surface area (Å²) in [5.41, 5.74) is 3.38. The lowest BCUT2D eigenvalue weighted by molar-refractivity contribution is -0.109. The van der Waals surface area contributed by atoms with Gasteiger partial charge in [-0.05, 0) is 40.6 Å². The largest absolute Gasteiger partial charge is 0.482 e. The quantitative estimate of drug-likeness (QED) is 0.671. The molecule has 0 bridgehead atoms. The molecule has 0 fully saturated rings. The molecule has 1 amide bonds. The molecule has 1 aromatic carbocycles. The van der Waals surface area contributed by atoms with Crippen LogP contribution in [-0.2, 0) is 9.53 Å². The van der Waals surface area contributed by atoms with Gasteiger partial charge in [-0.1, -0.05) is 18.2 Å². The fourth-order valence-corrected chi connectivity index (χ4v) is 2.78. The van der Waals surface area contributed by atoms with Gasteiger partial charge >= 0.3 is 0 Å². The van der Waals surface area contributed by atoms with Crippen LogP contribution in [0, 0.1) is 0 Å². The number of rotatable bonds is 4. The Morgan fingerprint density at radius 3 is 3.00 bits per heavy atom. The summed E-state index contributed by atoms with van der Waals surface area (Å²) in [6.45, 7) is 2.87. The Kier molecular flexibility index (Phi) is 3.87. The van der Waals surface area contributed by atoms with Crippen LogP contribution in [0.5, 0.6) is 0 Å². The molecule has 114 valence electrons. The third-order valence-electron chi connectivity index (χ3n) is 3.88. The topological polar surface area (TPSA) is 62.4 Å². The van der Waals surface area contributed by atoms with Crippen molar-refractivity contribution in [1.29, 1.82) is 0 Å². The van der Waals surface area contributed by atoms with E-state index in [1.807, 2.05) is 12.3 Å². The summed E-state index contributed by atoms with van der Waals surface area (Å²) in [4.78, 5) is 10.5. The highest BCUT2D eigenvalue weighted by atomic mass is 16.5. The number of benzene rings is 1. The highest BCUT2D eigenvalue weighted by Gasteiger charge is 2.16. The number of carbonyl (C=O) groups is 1. The van der Waals surface area contributed by atoms with E-state index in [0.29, 0.717) is 6.41 Å². The van der Waals surface area contributed by atoms with Crippen molar-refractivity contribution in [2.24, 2.45) is 0 Å². The van der Waals surface area contributed by atoms with E-state index in [9.17, 15) is 4.79 Å². The summed E-state index contributed by atoms with van der Waals surface area (Å²) in [5, 5.41) is 11.3. The molecular formula is C17H19N3O2. The van der Waals surface area contributed by atoms with Crippen molar-refractivity contribution in [3.63, 3.8) is 0 Å². The van der Waals surface area contributed by atoms with Crippen molar-refractivity contribution in [3.8, 4) is 0 Å². The third-order valence-corrected chi connectivity index (χ3v) is 3.88. The summed E-state index contributed by atoms with van der Waals surface area (Å²) in [6, 6.07) is 6.25. The SMILES string of the molecule is COC1=C(c2ccc3c(c2)=CNC(NC=O)C=3)C(C)=CCN1. The predicted octanol–water partition coefficient (Wildman–Crippen LogP) is -0.255. The molecule has 1 aromatic rings. The molecule has 5 heteroatoms. The Labute approximate surface area is 129 Å². The van der Waals surface area contributed by atoms with Gasteiger partial charge in [0.15, 0.2) is 5.88 Å². The lowest BCUT2D eigenvalue weighted by atomic mass is 9.96. The molecule has 22 heavy (non-hydrogen) atoms. The molecule has 3 rings (SSSR count). The van der Waals surface area contributed by atoms with Crippen molar-refractivity contribution in [2.75, 3.05) is 13.7 Å². The van der Waals surface area contributed by atoms with Crippen LogP contribution in [0.3, 0.4) is 0 Å². The van der Waals surface area contributed by atoms with Crippen molar-refractivity contribution < 1.29 is 9.53 Å². The number of dihydropyridines is 1. The molecule has 0 saturated heterocycles. The lowest BCUT2D eigenvalue weighted by Gasteiger charge is -2.21. The smallest absolute Gasteiger partial charge is 0.208 e. The number of amides is 1. The van der Waals surface area contributed by atoms with E-state index in [-0.39, 0.29) is 6.17 Å². The fourth-order valence-electron chi connectivity index (χ4n) is 2.78. The van der Waals surface area contributed by atoms with Gasteiger partial charge < -0.3 is 20.7 Å². The van der Waals surface area contributed by atoms with Gasteiger partial charge in [0.05, 0.1) is 7.11 Å². The first-order valence-electron chi connectivity index (χ1n) is 7.20. The monoisotopic (exact) mass is 297 g/mol. The molecule has 0 radical (unpaired) electrons. The van der Waals surface area contributed by atoms with E-state index >= 15 is 0 Å². The Balaban J connectivity index is 2.06. The van der Waals surface area contributed by atoms with Gasteiger partial charge in [-0.15, -0.1) is 0 Å². The summed E-state index contributed by atoms with van der Waals surface area (Å²) in [7, 11) is 1.68. The Hall–Kier alpha value is -2.69. The van der Waals surface area contributed by atoms with Gasteiger partial charge in [-0.2, -0.15) is 0 Å². The number of hydrogen-bond acceptors (Lipinski definition) is 4. The first-order chi connectivity index (χ1) is 10.7. The number of methoxy groups -OCH3 is 1. The van der Waals surface area contributed by atoms with Crippen LogP contribution in [-0.4, -0.2) is 26.2 Å². The summed E-state index contributed by atoms with van der Waals surface area (Å²) >= 11 is 0. The molecule has 2 aliphatic rings. The van der Waals surface area contributed by atoms with E-state index in [0.717, 1.165) is 34.0 Å². The second-order valence-electron chi connectivity index (χ2n) is 5.26. The van der Waals surface area contributed by atoms with E-state index < -0.39 is 0 Å². The molecule has 0 aliphatic carbocycles. The molecule has 3 N–H and O–H groups in total. The average Bonchev–Trinajstić information content (AvgIpc) is 2.54. The second kappa shape index (κ2) is 5.97. The van der Waals surface area contributed by atoms with E-state index in [1.54, 1.807) is 7.11 Å². The molecule has 1 atom stereocenters. The first kappa shape index (κ1) is 14.3. The zero-order valence-electron chi connectivity index (χ0n) is 12.6. The van der Waals surface area contributed by atoms with E-state index in [2.05, 4.69) is 47.1 Å². The normalized spacial score (nSPS) is 19.5. The van der Waals surface area contributed by atoms with Crippen molar-refractivity contribution >= 4 is 24.3 Å². The summed E-state index contributed by atoms with van der Waals surface area (Å²) < 4.78 is 5.47.